The largest absolute Gasteiger partial charge is 0.493 e. The predicted octanol–water partition coefficient (Wildman–Crippen LogP) is 5.89. The molecule has 0 aromatic heterocycles. The Morgan fingerprint density at radius 3 is 1.58 bits per heavy atom. The molecule has 0 N–H and O–H groups in total. The second kappa shape index (κ2) is 21.6. The van der Waals surface area contributed by atoms with Gasteiger partial charge in [-0.25, -0.2) is 0 Å². The molecule has 19 heavy (non-hydrogen) atoms. The number of methoxy groups -OCH3 is 2. The Bertz CT molecular complexity index is 312. The molecule has 0 amide bonds. The average molecular weight is 272 g/mol. The van der Waals surface area contributed by atoms with Crippen LogP contribution >= 0.6 is 0 Å². The molecule has 0 aliphatic carbocycles. The lowest BCUT2D eigenvalue weighted by atomic mass is 10.2. The first-order valence-electron chi connectivity index (χ1n) is 4.50. The van der Waals surface area contributed by atoms with E-state index in [9.17, 15) is 0 Å². The summed E-state index contributed by atoms with van der Waals surface area (Å²) in [6, 6.07) is 5.36. The Morgan fingerprint density at radius 2 is 1.26 bits per heavy atom. The maximum Gasteiger partial charge on any atom is 0.161 e. The second-order valence-electron chi connectivity index (χ2n) is 2.21. The first-order valence-corrected chi connectivity index (χ1v) is 4.50. The van der Waals surface area contributed by atoms with Crippen LogP contribution in [0.5, 0.6) is 11.5 Å². The van der Waals surface area contributed by atoms with Gasteiger partial charge in [-0.2, -0.15) is 0 Å². The number of benzene rings is 1. The van der Waals surface area contributed by atoms with Gasteiger partial charge < -0.3 is 9.47 Å². The summed E-state index contributed by atoms with van der Waals surface area (Å²) >= 11 is 0. The van der Waals surface area contributed by atoms with E-state index in [1.807, 2.05) is 13.8 Å². The first-order chi connectivity index (χ1) is 6.81. The third-order valence-electron chi connectivity index (χ3n) is 1.55. The van der Waals surface area contributed by atoms with E-state index in [1.165, 1.54) is 0 Å². The molecule has 0 aliphatic rings. The van der Waals surface area contributed by atoms with E-state index >= 15 is 0 Å². The molecule has 116 valence electrons. The van der Waals surface area contributed by atoms with Crippen molar-refractivity contribution in [1.29, 1.82) is 0 Å². The van der Waals surface area contributed by atoms with Crippen LogP contribution in [0.2, 0.25) is 0 Å². The molecular formula is C17H36O2. The van der Waals surface area contributed by atoms with Crippen LogP contribution in [0.25, 0.3) is 0 Å². The van der Waals surface area contributed by atoms with E-state index in [0.717, 1.165) is 5.56 Å². The number of hydrogen-bond donors (Lipinski definition) is 0. The van der Waals surface area contributed by atoms with E-state index in [0.29, 0.717) is 11.5 Å². The highest BCUT2D eigenvalue weighted by molar-refractivity contribution is 5.47. The molecule has 0 atom stereocenters. The highest BCUT2D eigenvalue weighted by Gasteiger charge is 2.01. The molecule has 2 nitrogen and oxygen atoms in total. The van der Waals surface area contributed by atoms with E-state index < -0.39 is 0 Å². The molecule has 1 aromatic rings. The standard InChI is InChI=1S/C10H10O2.C2H6.5CH4/c1-4-8-5-6-9(11-2)10(7-8)12-3;1-2;;;;;/h1,5-7H,2-3H3;1-2H3;5*1H4. The number of ether oxygens (including phenoxy) is 2. The Balaban J connectivity index is -0.0000000576. The average Bonchev–Trinajstić information content (AvgIpc) is 2.30. The zero-order valence-corrected chi connectivity index (χ0v) is 9.13. The van der Waals surface area contributed by atoms with Gasteiger partial charge in [0, 0.05) is 5.56 Å². The molecule has 0 saturated carbocycles. The van der Waals surface area contributed by atoms with Gasteiger partial charge in [-0.15, -0.1) is 6.42 Å². The summed E-state index contributed by atoms with van der Waals surface area (Å²) in [5.41, 5.74) is 0.785. The van der Waals surface area contributed by atoms with Gasteiger partial charge in [-0.1, -0.05) is 56.9 Å². The van der Waals surface area contributed by atoms with Crippen LogP contribution in [0.4, 0.5) is 0 Å². The SMILES string of the molecule is C.C.C.C.C.C#Cc1ccc(OC)c(OC)c1.CC. The van der Waals surface area contributed by atoms with Crippen molar-refractivity contribution in [3.8, 4) is 23.8 Å². The zero-order chi connectivity index (χ0) is 11.0. The minimum Gasteiger partial charge on any atom is -0.493 e. The second-order valence-corrected chi connectivity index (χ2v) is 2.21. The molecule has 0 radical (unpaired) electrons. The van der Waals surface area contributed by atoms with Gasteiger partial charge in [0.2, 0.25) is 0 Å². The van der Waals surface area contributed by atoms with Gasteiger partial charge in [0.1, 0.15) is 0 Å². The van der Waals surface area contributed by atoms with Crippen LogP contribution in [0.3, 0.4) is 0 Å². The minimum atomic E-state index is 0. The third kappa shape index (κ3) is 11.2. The van der Waals surface area contributed by atoms with Crippen molar-refractivity contribution in [2.24, 2.45) is 0 Å². The Kier molecular flexibility index (Phi) is 41.0. The molecule has 0 unspecified atom stereocenters. The van der Waals surface area contributed by atoms with Gasteiger partial charge in [0.25, 0.3) is 0 Å². The van der Waals surface area contributed by atoms with Crippen LogP contribution in [-0.4, -0.2) is 14.2 Å². The number of terminal acetylenes is 1. The number of rotatable bonds is 2. The van der Waals surface area contributed by atoms with Crippen molar-refractivity contribution in [3.63, 3.8) is 0 Å². The quantitative estimate of drug-likeness (QED) is 0.625. The van der Waals surface area contributed by atoms with E-state index in [2.05, 4.69) is 5.92 Å². The lowest BCUT2D eigenvalue weighted by Gasteiger charge is -2.06. The van der Waals surface area contributed by atoms with Crippen LogP contribution in [0.15, 0.2) is 18.2 Å². The topological polar surface area (TPSA) is 18.5 Å². The fourth-order valence-corrected chi connectivity index (χ4v) is 0.926. The van der Waals surface area contributed by atoms with Gasteiger partial charge >= 0.3 is 0 Å². The maximum atomic E-state index is 5.22. The molecule has 1 aromatic carbocycles. The van der Waals surface area contributed by atoms with Gasteiger partial charge in [0.15, 0.2) is 11.5 Å². The molecule has 0 fully saturated rings. The number of hydrogen-bond acceptors (Lipinski definition) is 2. The molecule has 0 spiro atoms. The van der Waals surface area contributed by atoms with Crippen LogP contribution in [0.1, 0.15) is 56.5 Å². The summed E-state index contributed by atoms with van der Waals surface area (Å²) in [5, 5.41) is 0. The Labute approximate surface area is 123 Å². The molecule has 0 heterocycles. The monoisotopic (exact) mass is 272 g/mol. The molecule has 0 aliphatic heterocycles. The lowest BCUT2D eigenvalue weighted by molar-refractivity contribution is 0.355. The van der Waals surface area contributed by atoms with Crippen LogP contribution in [0, 0.1) is 12.3 Å². The fourth-order valence-electron chi connectivity index (χ4n) is 0.926. The summed E-state index contributed by atoms with van der Waals surface area (Å²) in [7, 11) is 3.17. The normalized spacial score (nSPS) is 5.84. The van der Waals surface area contributed by atoms with Crippen molar-refractivity contribution >= 4 is 0 Å². The zero-order valence-electron chi connectivity index (χ0n) is 9.13. The van der Waals surface area contributed by atoms with Crippen molar-refractivity contribution in [1.82, 2.24) is 0 Å². The predicted molar refractivity (Wildman–Crippen MR) is 92.5 cm³/mol. The first kappa shape index (κ1) is 36.0. The van der Waals surface area contributed by atoms with Gasteiger partial charge in [-0.05, 0) is 18.2 Å². The fraction of sp³-hybridized carbons (Fsp3) is 0.529. The van der Waals surface area contributed by atoms with Crippen molar-refractivity contribution in [2.45, 2.75) is 51.0 Å². The molecular weight excluding hydrogens is 236 g/mol. The third-order valence-corrected chi connectivity index (χ3v) is 1.55. The van der Waals surface area contributed by atoms with E-state index in [4.69, 9.17) is 15.9 Å². The molecule has 0 bridgehead atoms. The van der Waals surface area contributed by atoms with E-state index in [-0.39, 0.29) is 37.1 Å². The van der Waals surface area contributed by atoms with Crippen molar-refractivity contribution in [3.05, 3.63) is 23.8 Å². The Hall–Kier alpha value is -1.62. The highest BCUT2D eigenvalue weighted by Crippen LogP contribution is 2.26. The smallest absolute Gasteiger partial charge is 0.161 e. The molecule has 0 saturated heterocycles. The molecule has 1 rings (SSSR count). The highest BCUT2D eigenvalue weighted by atomic mass is 16.5. The van der Waals surface area contributed by atoms with Crippen molar-refractivity contribution < 1.29 is 9.47 Å². The summed E-state index contributed by atoms with van der Waals surface area (Å²) in [5.74, 6) is 3.87. The summed E-state index contributed by atoms with van der Waals surface area (Å²) in [6.07, 6.45) is 5.22. The lowest BCUT2D eigenvalue weighted by Crippen LogP contribution is -1.90. The maximum absolute atomic E-state index is 5.22. The van der Waals surface area contributed by atoms with Gasteiger partial charge in [0.05, 0.1) is 14.2 Å². The summed E-state index contributed by atoms with van der Waals surface area (Å²) < 4.78 is 10.1. The molecule has 2 heteroatoms. The summed E-state index contributed by atoms with van der Waals surface area (Å²) in [6.45, 7) is 4.00. The van der Waals surface area contributed by atoms with Crippen molar-refractivity contribution in [2.75, 3.05) is 14.2 Å². The Morgan fingerprint density at radius 1 is 0.842 bits per heavy atom. The van der Waals surface area contributed by atoms with Crippen LogP contribution in [-0.2, 0) is 0 Å². The van der Waals surface area contributed by atoms with E-state index in [1.54, 1.807) is 32.4 Å². The summed E-state index contributed by atoms with van der Waals surface area (Å²) in [4.78, 5) is 0. The van der Waals surface area contributed by atoms with Crippen LogP contribution < -0.4 is 9.47 Å². The minimum absolute atomic E-state index is 0. The van der Waals surface area contributed by atoms with Gasteiger partial charge in [-0.3, -0.25) is 0 Å².